The number of halogens is 1. The number of benzene rings is 1. The Balaban J connectivity index is 1.73. The number of aryl methyl sites for hydroxylation is 1. The molecule has 3 nitrogen and oxygen atoms in total. The third kappa shape index (κ3) is 2.23. The van der Waals surface area contributed by atoms with E-state index < -0.39 is 0 Å². The predicted molar refractivity (Wildman–Crippen MR) is 93.1 cm³/mol. The van der Waals surface area contributed by atoms with Crippen LogP contribution in [-0.4, -0.2) is 14.8 Å². The van der Waals surface area contributed by atoms with E-state index in [1.807, 2.05) is 30.3 Å². The first kappa shape index (κ1) is 14.2. The molecular weight excluding hydrogens is 358 g/mol. The van der Waals surface area contributed by atoms with Crippen LogP contribution in [0, 0.1) is 0 Å². The molecular formula is C17H16BrN3S. The van der Waals surface area contributed by atoms with E-state index >= 15 is 0 Å². The van der Waals surface area contributed by atoms with Gasteiger partial charge in [0.15, 0.2) is 0 Å². The van der Waals surface area contributed by atoms with Crippen molar-refractivity contribution in [2.75, 3.05) is 0 Å². The summed E-state index contributed by atoms with van der Waals surface area (Å²) >= 11 is 5.33. The zero-order chi connectivity index (χ0) is 15.2. The van der Waals surface area contributed by atoms with Gasteiger partial charge in [0.2, 0.25) is 0 Å². The van der Waals surface area contributed by atoms with Crippen LogP contribution in [0.2, 0.25) is 0 Å². The minimum absolute atomic E-state index is 0.117. The first-order chi connectivity index (χ1) is 10.7. The first-order valence-corrected chi connectivity index (χ1v) is 9.00. The maximum atomic E-state index is 4.76. The monoisotopic (exact) mass is 373 g/mol. The van der Waals surface area contributed by atoms with Gasteiger partial charge in [-0.15, -0.1) is 11.3 Å². The van der Waals surface area contributed by atoms with Gasteiger partial charge in [-0.2, -0.15) is 5.10 Å². The fraction of sp³-hybridized carbons (Fsp3) is 0.294. The van der Waals surface area contributed by atoms with Gasteiger partial charge in [0.25, 0.3) is 0 Å². The molecule has 112 valence electrons. The smallest absolute Gasteiger partial charge is 0.104 e. The van der Waals surface area contributed by atoms with E-state index in [-0.39, 0.29) is 5.41 Å². The number of hydrogen-bond donors (Lipinski definition) is 0. The molecule has 0 spiro atoms. The van der Waals surface area contributed by atoms with Crippen LogP contribution < -0.4 is 0 Å². The highest BCUT2D eigenvalue weighted by molar-refractivity contribution is 9.10. The molecule has 1 aliphatic carbocycles. The minimum atomic E-state index is 0.117. The predicted octanol–water partition coefficient (Wildman–Crippen LogP) is 4.78. The van der Waals surface area contributed by atoms with Crippen molar-refractivity contribution >= 4 is 27.3 Å². The molecule has 1 saturated carbocycles. The third-order valence-electron chi connectivity index (χ3n) is 4.51. The van der Waals surface area contributed by atoms with Gasteiger partial charge in [0.1, 0.15) is 5.01 Å². The fourth-order valence-corrected chi connectivity index (χ4v) is 4.53. The Labute approximate surface area is 142 Å². The lowest BCUT2D eigenvalue weighted by molar-refractivity contribution is 0.300. The van der Waals surface area contributed by atoms with E-state index in [4.69, 9.17) is 4.98 Å². The minimum Gasteiger partial charge on any atom is -0.275 e. The number of hydrogen-bond acceptors (Lipinski definition) is 3. The molecule has 2 aromatic heterocycles. The lowest BCUT2D eigenvalue weighted by Crippen LogP contribution is -2.35. The van der Waals surface area contributed by atoms with Crippen molar-refractivity contribution < 1.29 is 0 Å². The van der Waals surface area contributed by atoms with E-state index in [0.29, 0.717) is 0 Å². The summed E-state index contributed by atoms with van der Waals surface area (Å²) in [7, 11) is 1.95. The summed E-state index contributed by atoms with van der Waals surface area (Å²) in [5.41, 5.74) is 2.65. The number of nitrogens with zero attached hydrogens (tertiary/aromatic N) is 3. The molecule has 0 saturated heterocycles. The SMILES string of the molecule is Cn1cc(-c2cnc(C3(c4ccc(Br)cc4)CCC3)s2)cn1. The molecule has 1 aliphatic rings. The summed E-state index contributed by atoms with van der Waals surface area (Å²) < 4.78 is 2.96. The number of aromatic nitrogens is 3. The van der Waals surface area contributed by atoms with Crippen LogP contribution in [0.25, 0.3) is 10.4 Å². The highest BCUT2D eigenvalue weighted by Gasteiger charge is 2.42. The Morgan fingerprint density at radius 1 is 1.18 bits per heavy atom. The van der Waals surface area contributed by atoms with E-state index in [2.05, 4.69) is 45.3 Å². The summed E-state index contributed by atoms with van der Waals surface area (Å²) in [5.74, 6) is 0. The van der Waals surface area contributed by atoms with Gasteiger partial charge in [-0.25, -0.2) is 4.98 Å². The van der Waals surface area contributed by atoms with Crippen LogP contribution >= 0.6 is 27.3 Å². The van der Waals surface area contributed by atoms with Crippen LogP contribution in [0.3, 0.4) is 0 Å². The molecule has 4 rings (SSSR count). The average molecular weight is 374 g/mol. The van der Waals surface area contributed by atoms with Gasteiger partial charge < -0.3 is 0 Å². The standard InChI is InChI=1S/C17H16BrN3S/c1-21-11-12(9-20-21)15-10-19-16(22-15)17(7-2-8-17)13-3-5-14(18)6-4-13/h3-6,9-11H,2,7-8H2,1H3. The summed E-state index contributed by atoms with van der Waals surface area (Å²) in [6.45, 7) is 0. The molecule has 5 heteroatoms. The maximum Gasteiger partial charge on any atom is 0.104 e. The second-order valence-electron chi connectivity index (χ2n) is 5.87. The highest BCUT2D eigenvalue weighted by Crippen LogP contribution is 2.51. The molecule has 0 atom stereocenters. The quantitative estimate of drug-likeness (QED) is 0.661. The summed E-state index contributed by atoms with van der Waals surface area (Å²) in [6.07, 6.45) is 9.60. The highest BCUT2D eigenvalue weighted by atomic mass is 79.9. The van der Waals surface area contributed by atoms with E-state index in [0.717, 1.165) is 10.0 Å². The Hall–Kier alpha value is -1.46. The number of thiazole rings is 1. The molecule has 22 heavy (non-hydrogen) atoms. The Kier molecular flexibility index (Phi) is 3.42. The van der Waals surface area contributed by atoms with Crippen molar-refractivity contribution in [1.82, 2.24) is 14.8 Å². The number of rotatable bonds is 3. The molecule has 3 aromatic rings. The lowest BCUT2D eigenvalue weighted by Gasteiger charge is -2.40. The second-order valence-corrected chi connectivity index (χ2v) is 7.82. The van der Waals surface area contributed by atoms with Crippen LogP contribution in [0.4, 0.5) is 0 Å². The zero-order valence-electron chi connectivity index (χ0n) is 12.3. The molecule has 0 amide bonds. The summed E-state index contributed by atoms with van der Waals surface area (Å²) in [4.78, 5) is 5.97. The van der Waals surface area contributed by atoms with Crippen molar-refractivity contribution in [2.45, 2.75) is 24.7 Å². The summed E-state index contributed by atoms with van der Waals surface area (Å²) in [5, 5.41) is 5.49. The molecule has 1 fully saturated rings. The van der Waals surface area contributed by atoms with Crippen LogP contribution in [0.1, 0.15) is 29.8 Å². The molecule has 0 unspecified atom stereocenters. The molecule has 1 aromatic carbocycles. The largest absolute Gasteiger partial charge is 0.275 e. The van der Waals surface area contributed by atoms with Crippen molar-refractivity contribution in [3.63, 3.8) is 0 Å². The average Bonchev–Trinajstić information content (AvgIpc) is 3.09. The van der Waals surface area contributed by atoms with E-state index in [9.17, 15) is 0 Å². The fourth-order valence-electron chi connectivity index (χ4n) is 3.10. The maximum absolute atomic E-state index is 4.76. The molecule has 0 bridgehead atoms. The Morgan fingerprint density at radius 2 is 1.95 bits per heavy atom. The van der Waals surface area contributed by atoms with Gasteiger partial charge in [0, 0.05) is 34.9 Å². The second kappa shape index (κ2) is 5.32. The van der Waals surface area contributed by atoms with Gasteiger partial charge in [-0.1, -0.05) is 34.5 Å². The van der Waals surface area contributed by atoms with Gasteiger partial charge in [-0.05, 0) is 30.5 Å². The van der Waals surface area contributed by atoms with Crippen molar-refractivity contribution in [1.29, 1.82) is 0 Å². The first-order valence-electron chi connectivity index (χ1n) is 7.39. The van der Waals surface area contributed by atoms with Gasteiger partial charge in [-0.3, -0.25) is 4.68 Å². The molecule has 2 heterocycles. The topological polar surface area (TPSA) is 30.7 Å². The third-order valence-corrected chi connectivity index (χ3v) is 6.29. The Bertz CT molecular complexity index is 799. The van der Waals surface area contributed by atoms with Crippen molar-refractivity contribution in [2.24, 2.45) is 7.05 Å². The molecule has 0 N–H and O–H groups in total. The lowest BCUT2D eigenvalue weighted by atomic mass is 9.65. The van der Waals surface area contributed by atoms with Crippen molar-refractivity contribution in [3.05, 3.63) is 57.9 Å². The summed E-state index contributed by atoms with van der Waals surface area (Å²) in [6, 6.07) is 8.72. The normalized spacial score (nSPS) is 16.5. The van der Waals surface area contributed by atoms with Crippen LogP contribution in [0.15, 0.2) is 47.3 Å². The van der Waals surface area contributed by atoms with Crippen LogP contribution in [-0.2, 0) is 12.5 Å². The Morgan fingerprint density at radius 3 is 2.55 bits per heavy atom. The van der Waals surface area contributed by atoms with E-state index in [1.54, 1.807) is 11.3 Å². The van der Waals surface area contributed by atoms with Gasteiger partial charge in [0.05, 0.1) is 11.1 Å². The van der Waals surface area contributed by atoms with E-state index in [1.165, 1.54) is 34.7 Å². The molecule has 0 aliphatic heterocycles. The van der Waals surface area contributed by atoms with Crippen LogP contribution in [0.5, 0.6) is 0 Å². The van der Waals surface area contributed by atoms with Crippen molar-refractivity contribution in [3.8, 4) is 10.4 Å². The molecule has 0 radical (unpaired) electrons. The zero-order valence-corrected chi connectivity index (χ0v) is 14.7. The van der Waals surface area contributed by atoms with Gasteiger partial charge >= 0.3 is 0 Å².